The van der Waals surface area contributed by atoms with Gasteiger partial charge in [0.1, 0.15) is 0 Å². The Kier molecular flexibility index (Phi) is 0.804. The van der Waals surface area contributed by atoms with Crippen LogP contribution in [0.25, 0.3) is 0 Å². The molecule has 1 saturated carbocycles. The topological polar surface area (TPSA) is 26.0 Å². The van der Waals surface area contributed by atoms with Crippen molar-refractivity contribution in [1.29, 1.82) is 0 Å². The Labute approximate surface area is 42.5 Å². The Morgan fingerprint density at radius 1 is 1.67 bits per heavy atom. The molecule has 33 valence electrons. The van der Waals surface area contributed by atoms with Gasteiger partial charge in [0.05, 0.1) is 4.99 Å². The summed E-state index contributed by atoms with van der Waals surface area (Å²) in [5.74, 6) is 1.27. The summed E-state index contributed by atoms with van der Waals surface area (Å²) < 4.78 is 0. The fourth-order valence-corrected chi connectivity index (χ4v) is 0.513. The first-order valence-electron chi connectivity index (χ1n) is 1.95. The molecule has 0 aliphatic heterocycles. The van der Waals surface area contributed by atoms with Gasteiger partial charge in [-0.25, -0.2) is 0 Å². The van der Waals surface area contributed by atoms with Crippen molar-refractivity contribution in [1.82, 2.24) is 0 Å². The van der Waals surface area contributed by atoms with Gasteiger partial charge >= 0.3 is 0 Å². The highest BCUT2D eigenvalue weighted by atomic mass is 32.1. The lowest BCUT2D eigenvalue weighted by molar-refractivity contribution is 1.50. The molecule has 1 fully saturated rings. The number of rotatable bonds is 1. The number of nitrogens with two attached hydrogens (primary N) is 1. The second-order valence-corrected chi connectivity index (χ2v) is 1.91. The average Bonchev–Trinajstić information content (AvgIpc) is 2.06. The molecular formula is C4H6NS. The minimum Gasteiger partial charge on any atom is -0.393 e. The predicted octanol–water partition coefficient (Wildman–Crippen LogP) is 0.641. The van der Waals surface area contributed by atoms with E-state index in [2.05, 4.69) is 12.2 Å². The molecule has 0 aromatic heterocycles. The molecule has 1 aliphatic rings. The van der Waals surface area contributed by atoms with Gasteiger partial charge in [0.25, 0.3) is 0 Å². The maximum Gasteiger partial charge on any atom is 0.0799 e. The normalized spacial score (nSPS) is 20.7. The minimum absolute atomic E-state index is 0.620. The molecule has 0 spiro atoms. The third kappa shape index (κ3) is 0.684. The van der Waals surface area contributed by atoms with E-state index in [0.29, 0.717) is 4.99 Å². The lowest BCUT2D eigenvalue weighted by Crippen LogP contribution is -2.07. The Balaban J connectivity index is 2.31. The molecule has 0 aromatic rings. The molecule has 0 aromatic carbocycles. The summed E-state index contributed by atoms with van der Waals surface area (Å²) in [6.07, 6.45) is 2.30. The van der Waals surface area contributed by atoms with E-state index >= 15 is 0 Å². The van der Waals surface area contributed by atoms with E-state index in [9.17, 15) is 0 Å². The van der Waals surface area contributed by atoms with Gasteiger partial charge in [-0.1, -0.05) is 12.2 Å². The van der Waals surface area contributed by atoms with Crippen LogP contribution in [0, 0.1) is 5.92 Å². The molecule has 2 heteroatoms. The fourth-order valence-electron chi connectivity index (χ4n) is 0.309. The number of hydrogen-bond acceptors (Lipinski definition) is 1. The van der Waals surface area contributed by atoms with E-state index < -0.39 is 0 Å². The summed E-state index contributed by atoms with van der Waals surface area (Å²) in [5, 5.41) is 0. The van der Waals surface area contributed by atoms with E-state index in [1.165, 1.54) is 5.92 Å². The summed E-state index contributed by atoms with van der Waals surface area (Å²) in [6, 6.07) is 0. The second kappa shape index (κ2) is 1.19. The third-order valence-corrected chi connectivity index (χ3v) is 1.14. The summed E-state index contributed by atoms with van der Waals surface area (Å²) in [7, 11) is 0. The van der Waals surface area contributed by atoms with Crippen molar-refractivity contribution < 1.29 is 0 Å². The number of thiocarbonyl (C=S) groups is 1. The maximum atomic E-state index is 5.19. The van der Waals surface area contributed by atoms with Gasteiger partial charge in [0.2, 0.25) is 0 Å². The van der Waals surface area contributed by atoms with E-state index in [-0.39, 0.29) is 0 Å². The van der Waals surface area contributed by atoms with Crippen LogP contribution < -0.4 is 5.73 Å². The van der Waals surface area contributed by atoms with Crippen molar-refractivity contribution >= 4 is 17.2 Å². The predicted molar refractivity (Wildman–Crippen MR) is 29.3 cm³/mol. The van der Waals surface area contributed by atoms with Gasteiger partial charge < -0.3 is 5.73 Å². The highest BCUT2D eigenvalue weighted by Gasteiger charge is 2.24. The third-order valence-electron chi connectivity index (χ3n) is 0.848. The van der Waals surface area contributed by atoms with Gasteiger partial charge in [-0.2, -0.15) is 0 Å². The smallest absolute Gasteiger partial charge is 0.0799 e. The van der Waals surface area contributed by atoms with Crippen LogP contribution in [0.5, 0.6) is 0 Å². The zero-order valence-corrected chi connectivity index (χ0v) is 4.22. The first kappa shape index (κ1) is 4.06. The van der Waals surface area contributed by atoms with E-state index in [1.807, 2.05) is 0 Å². The molecule has 0 heterocycles. The van der Waals surface area contributed by atoms with E-state index in [4.69, 9.17) is 5.73 Å². The summed E-state index contributed by atoms with van der Waals surface area (Å²) in [4.78, 5) is 0.620. The van der Waals surface area contributed by atoms with Gasteiger partial charge in [-0.05, 0) is 12.8 Å². The SMILES string of the molecule is NC(=S)[C]1CC1. The van der Waals surface area contributed by atoms with Crippen LogP contribution >= 0.6 is 12.2 Å². The van der Waals surface area contributed by atoms with Gasteiger partial charge in [0, 0.05) is 5.92 Å². The maximum absolute atomic E-state index is 5.19. The number of hydrogen-bond donors (Lipinski definition) is 1. The highest BCUT2D eigenvalue weighted by Crippen LogP contribution is 2.31. The molecule has 1 radical (unpaired) electrons. The van der Waals surface area contributed by atoms with Gasteiger partial charge in [0.15, 0.2) is 0 Å². The molecule has 1 nitrogen and oxygen atoms in total. The Morgan fingerprint density at radius 3 is 2.17 bits per heavy atom. The Morgan fingerprint density at radius 2 is 2.17 bits per heavy atom. The van der Waals surface area contributed by atoms with Crippen LogP contribution in [-0.4, -0.2) is 4.99 Å². The zero-order valence-electron chi connectivity index (χ0n) is 3.40. The highest BCUT2D eigenvalue weighted by molar-refractivity contribution is 7.80. The van der Waals surface area contributed by atoms with Crippen LogP contribution in [0.1, 0.15) is 12.8 Å². The molecule has 1 aliphatic carbocycles. The van der Waals surface area contributed by atoms with E-state index in [1.54, 1.807) is 0 Å². The molecule has 0 amide bonds. The monoisotopic (exact) mass is 100 g/mol. The van der Waals surface area contributed by atoms with Crippen LogP contribution in [0.3, 0.4) is 0 Å². The molecular weight excluding hydrogens is 94.1 g/mol. The molecule has 0 bridgehead atoms. The average molecular weight is 100 g/mol. The van der Waals surface area contributed by atoms with Crippen molar-refractivity contribution in [3.05, 3.63) is 5.92 Å². The van der Waals surface area contributed by atoms with Crippen molar-refractivity contribution in [2.75, 3.05) is 0 Å². The molecule has 0 atom stereocenters. The van der Waals surface area contributed by atoms with Gasteiger partial charge in [-0.15, -0.1) is 0 Å². The largest absolute Gasteiger partial charge is 0.393 e. The van der Waals surface area contributed by atoms with Crippen LogP contribution in [-0.2, 0) is 0 Å². The lowest BCUT2D eigenvalue weighted by Gasteiger charge is -1.81. The van der Waals surface area contributed by atoms with Crippen LogP contribution in [0.4, 0.5) is 0 Å². The standard InChI is InChI=1S/C4H6NS/c5-4(6)3-1-2-3/h1-2H2,(H2,5,6). The Hall–Kier alpha value is -0.110. The van der Waals surface area contributed by atoms with Crippen molar-refractivity contribution in [3.8, 4) is 0 Å². The van der Waals surface area contributed by atoms with Crippen molar-refractivity contribution in [2.45, 2.75) is 12.8 Å². The van der Waals surface area contributed by atoms with E-state index in [0.717, 1.165) is 12.8 Å². The fraction of sp³-hybridized carbons (Fsp3) is 0.500. The summed E-state index contributed by atoms with van der Waals surface area (Å²) >= 11 is 4.62. The summed E-state index contributed by atoms with van der Waals surface area (Å²) in [5.41, 5.74) is 5.19. The minimum atomic E-state index is 0.620. The molecule has 0 unspecified atom stereocenters. The molecule has 0 saturated heterocycles. The van der Waals surface area contributed by atoms with Crippen molar-refractivity contribution in [3.63, 3.8) is 0 Å². The second-order valence-electron chi connectivity index (χ2n) is 1.47. The molecule has 1 rings (SSSR count). The van der Waals surface area contributed by atoms with Crippen LogP contribution in [0.15, 0.2) is 0 Å². The van der Waals surface area contributed by atoms with Crippen molar-refractivity contribution in [2.24, 2.45) is 5.73 Å². The molecule has 6 heavy (non-hydrogen) atoms. The first-order chi connectivity index (χ1) is 2.80. The first-order valence-corrected chi connectivity index (χ1v) is 2.36. The summed E-state index contributed by atoms with van der Waals surface area (Å²) in [6.45, 7) is 0. The lowest BCUT2D eigenvalue weighted by atomic mass is 10.4. The van der Waals surface area contributed by atoms with Crippen LogP contribution in [0.2, 0.25) is 0 Å². The zero-order chi connectivity index (χ0) is 4.57. The Bertz CT molecular complexity index is 75.6. The molecule has 2 N–H and O–H groups in total. The van der Waals surface area contributed by atoms with Gasteiger partial charge in [-0.3, -0.25) is 0 Å². The quantitative estimate of drug-likeness (QED) is 0.489.